The molecule has 1 saturated carbocycles. The van der Waals surface area contributed by atoms with Crippen LogP contribution in [0.3, 0.4) is 0 Å². The van der Waals surface area contributed by atoms with Gasteiger partial charge in [0, 0.05) is 12.6 Å². The van der Waals surface area contributed by atoms with Gasteiger partial charge in [0.05, 0.1) is 0 Å². The first-order valence-electron chi connectivity index (χ1n) is 7.30. The number of hydrogen-bond acceptors (Lipinski definition) is 2. The van der Waals surface area contributed by atoms with Crippen molar-refractivity contribution in [2.45, 2.75) is 57.9 Å². The Morgan fingerprint density at radius 2 is 1.94 bits per heavy atom. The van der Waals surface area contributed by atoms with Crippen LogP contribution in [0, 0.1) is 5.92 Å². The SMILES string of the molecule is CC1CCCN(CCCNC2CCCC2)C1. The minimum atomic E-state index is 0.847. The highest BCUT2D eigenvalue weighted by molar-refractivity contribution is 4.74. The molecule has 2 aliphatic rings. The molecule has 0 aromatic carbocycles. The first-order valence-corrected chi connectivity index (χ1v) is 7.30. The first kappa shape index (κ1) is 12.4. The van der Waals surface area contributed by atoms with Crippen molar-refractivity contribution in [1.29, 1.82) is 0 Å². The van der Waals surface area contributed by atoms with E-state index in [0.717, 1.165) is 12.0 Å². The maximum atomic E-state index is 3.71. The largest absolute Gasteiger partial charge is 0.314 e. The Morgan fingerprint density at radius 3 is 2.69 bits per heavy atom. The maximum absolute atomic E-state index is 3.71. The van der Waals surface area contributed by atoms with Gasteiger partial charge in [0.1, 0.15) is 0 Å². The fourth-order valence-electron chi connectivity index (χ4n) is 3.23. The van der Waals surface area contributed by atoms with Gasteiger partial charge >= 0.3 is 0 Å². The van der Waals surface area contributed by atoms with E-state index in [2.05, 4.69) is 17.1 Å². The van der Waals surface area contributed by atoms with Crippen LogP contribution in [-0.4, -0.2) is 37.1 Å². The first-order chi connectivity index (χ1) is 7.84. The number of hydrogen-bond donors (Lipinski definition) is 1. The maximum Gasteiger partial charge on any atom is 0.00670 e. The van der Waals surface area contributed by atoms with E-state index in [-0.39, 0.29) is 0 Å². The molecule has 0 aromatic heterocycles. The van der Waals surface area contributed by atoms with E-state index < -0.39 is 0 Å². The molecule has 1 unspecified atom stereocenters. The van der Waals surface area contributed by atoms with Crippen molar-refractivity contribution in [2.75, 3.05) is 26.2 Å². The molecule has 0 radical (unpaired) electrons. The van der Waals surface area contributed by atoms with Gasteiger partial charge < -0.3 is 10.2 Å². The van der Waals surface area contributed by atoms with Gasteiger partial charge in [-0.05, 0) is 57.7 Å². The lowest BCUT2D eigenvalue weighted by atomic mass is 10.0. The van der Waals surface area contributed by atoms with Crippen LogP contribution in [0.4, 0.5) is 0 Å². The summed E-state index contributed by atoms with van der Waals surface area (Å²) in [4.78, 5) is 2.66. The third-order valence-corrected chi connectivity index (χ3v) is 4.18. The second-order valence-corrected chi connectivity index (χ2v) is 5.84. The average Bonchev–Trinajstić information content (AvgIpc) is 2.77. The summed E-state index contributed by atoms with van der Waals surface area (Å²) in [5.74, 6) is 0.927. The number of rotatable bonds is 5. The molecule has 2 heteroatoms. The molecule has 1 heterocycles. The number of nitrogens with one attached hydrogen (secondary N) is 1. The lowest BCUT2D eigenvalue weighted by molar-refractivity contribution is 0.181. The van der Waals surface area contributed by atoms with Crippen LogP contribution < -0.4 is 5.32 Å². The van der Waals surface area contributed by atoms with E-state index in [9.17, 15) is 0 Å². The number of nitrogens with zero attached hydrogens (tertiary/aromatic N) is 1. The Morgan fingerprint density at radius 1 is 1.12 bits per heavy atom. The van der Waals surface area contributed by atoms with Crippen molar-refractivity contribution < 1.29 is 0 Å². The van der Waals surface area contributed by atoms with E-state index in [4.69, 9.17) is 0 Å². The molecule has 0 amide bonds. The molecule has 1 N–H and O–H groups in total. The van der Waals surface area contributed by atoms with Gasteiger partial charge in [-0.1, -0.05) is 19.8 Å². The lowest BCUT2D eigenvalue weighted by Gasteiger charge is -2.30. The summed E-state index contributed by atoms with van der Waals surface area (Å²) in [7, 11) is 0. The predicted molar refractivity (Wildman–Crippen MR) is 69.7 cm³/mol. The van der Waals surface area contributed by atoms with E-state index in [1.165, 1.54) is 71.1 Å². The van der Waals surface area contributed by atoms with Crippen LogP contribution in [0.1, 0.15) is 51.9 Å². The fourth-order valence-corrected chi connectivity index (χ4v) is 3.23. The van der Waals surface area contributed by atoms with E-state index in [1.807, 2.05) is 0 Å². The molecular formula is C14H28N2. The third-order valence-electron chi connectivity index (χ3n) is 4.18. The molecule has 2 rings (SSSR count). The molecule has 0 aromatic rings. The summed E-state index contributed by atoms with van der Waals surface area (Å²) >= 11 is 0. The Labute approximate surface area is 101 Å². The van der Waals surface area contributed by atoms with Crippen molar-refractivity contribution >= 4 is 0 Å². The predicted octanol–water partition coefficient (Wildman–Crippen LogP) is 2.64. The van der Waals surface area contributed by atoms with E-state index in [0.29, 0.717) is 0 Å². The second kappa shape index (κ2) is 6.61. The van der Waals surface area contributed by atoms with Gasteiger partial charge in [0.2, 0.25) is 0 Å². The zero-order valence-corrected chi connectivity index (χ0v) is 10.9. The standard InChI is InChI=1S/C14H28N2/c1-13-6-4-10-16(12-13)11-5-9-15-14-7-2-3-8-14/h13-15H,2-12H2,1H3. The van der Waals surface area contributed by atoms with Crippen LogP contribution >= 0.6 is 0 Å². The van der Waals surface area contributed by atoms with Gasteiger partial charge in [0.25, 0.3) is 0 Å². The summed E-state index contributed by atoms with van der Waals surface area (Å²) in [6.45, 7) is 7.61. The molecule has 1 aliphatic heterocycles. The monoisotopic (exact) mass is 224 g/mol. The van der Waals surface area contributed by atoms with Gasteiger partial charge in [-0.2, -0.15) is 0 Å². The van der Waals surface area contributed by atoms with Gasteiger partial charge in [-0.15, -0.1) is 0 Å². The molecular weight excluding hydrogens is 196 g/mol. The van der Waals surface area contributed by atoms with Crippen molar-refractivity contribution in [3.8, 4) is 0 Å². The van der Waals surface area contributed by atoms with Gasteiger partial charge in [0.15, 0.2) is 0 Å². The molecule has 2 fully saturated rings. The molecule has 1 aliphatic carbocycles. The number of likely N-dealkylation sites (tertiary alicyclic amines) is 1. The minimum absolute atomic E-state index is 0.847. The zero-order valence-electron chi connectivity index (χ0n) is 10.9. The van der Waals surface area contributed by atoms with E-state index in [1.54, 1.807) is 0 Å². The summed E-state index contributed by atoms with van der Waals surface area (Å²) < 4.78 is 0. The summed E-state index contributed by atoms with van der Waals surface area (Å²) in [6, 6.07) is 0.847. The Kier molecular flexibility index (Phi) is 5.11. The highest BCUT2D eigenvalue weighted by Gasteiger charge is 2.16. The zero-order chi connectivity index (χ0) is 11.2. The minimum Gasteiger partial charge on any atom is -0.314 e. The topological polar surface area (TPSA) is 15.3 Å². The molecule has 16 heavy (non-hydrogen) atoms. The second-order valence-electron chi connectivity index (χ2n) is 5.84. The van der Waals surface area contributed by atoms with Crippen LogP contribution in [-0.2, 0) is 0 Å². The quantitative estimate of drug-likeness (QED) is 0.722. The van der Waals surface area contributed by atoms with Crippen molar-refractivity contribution in [2.24, 2.45) is 5.92 Å². The highest BCUT2D eigenvalue weighted by atomic mass is 15.1. The molecule has 94 valence electrons. The molecule has 0 bridgehead atoms. The fraction of sp³-hybridized carbons (Fsp3) is 1.00. The van der Waals surface area contributed by atoms with Crippen molar-refractivity contribution in [3.05, 3.63) is 0 Å². The van der Waals surface area contributed by atoms with Crippen molar-refractivity contribution in [3.63, 3.8) is 0 Å². The summed E-state index contributed by atoms with van der Waals surface area (Å²) in [5, 5.41) is 3.71. The molecule has 0 spiro atoms. The van der Waals surface area contributed by atoms with Gasteiger partial charge in [-0.3, -0.25) is 0 Å². The average molecular weight is 224 g/mol. The van der Waals surface area contributed by atoms with Crippen molar-refractivity contribution in [1.82, 2.24) is 10.2 Å². The van der Waals surface area contributed by atoms with E-state index >= 15 is 0 Å². The van der Waals surface area contributed by atoms with Crippen LogP contribution in [0.15, 0.2) is 0 Å². The normalized spacial score (nSPS) is 28.7. The smallest absolute Gasteiger partial charge is 0.00670 e. The van der Waals surface area contributed by atoms with Gasteiger partial charge in [-0.25, -0.2) is 0 Å². The lowest BCUT2D eigenvalue weighted by Crippen LogP contribution is -2.36. The number of piperidine rings is 1. The van der Waals surface area contributed by atoms with Crippen LogP contribution in [0.25, 0.3) is 0 Å². The Bertz CT molecular complexity index is 187. The molecule has 2 nitrogen and oxygen atoms in total. The van der Waals surface area contributed by atoms with Crippen LogP contribution in [0.5, 0.6) is 0 Å². The summed E-state index contributed by atoms with van der Waals surface area (Å²) in [5.41, 5.74) is 0. The van der Waals surface area contributed by atoms with Crippen LogP contribution in [0.2, 0.25) is 0 Å². The Balaban J connectivity index is 1.50. The molecule has 1 atom stereocenters. The molecule has 1 saturated heterocycles. The Hall–Kier alpha value is -0.0800. The highest BCUT2D eigenvalue weighted by Crippen LogP contribution is 2.18. The third kappa shape index (κ3) is 4.06. The summed E-state index contributed by atoms with van der Waals surface area (Å²) in [6.07, 6.45) is 9.92.